The molecule has 56 heavy (non-hydrogen) atoms. The molecule has 0 N–H and O–H groups in total. The SMILES string of the molecule is C[P@]1(=O)c2ccccc2-c2ccc3c(c21)-c1cc(-c2ccc4sc5ccc(C#N)cc5c4c2)ccc1C31c2ccccc2-n2c3ccccc3c3cccc1c32. The first-order valence-corrected chi connectivity index (χ1v) is 22.0. The van der Waals surface area contributed by atoms with Crippen molar-refractivity contribution in [1.82, 2.24) is 4.57 Å². The summed E-state index contributed by atoms with van der Waals surface area (Å²) in [6.07, 6.45) is 0. The van der Waals surface area contributed by atoms with Gasteiger partial charge in [0, 0.05) is 41.6 Å². The van der Waals surface area contributed by atoms with Crippen molar-refractivity contribution in [2.75, 3.05) is 6.66 Å². The zero-order chi connectivity index (χ0) is 37.1. The van der Waals surface area contributed by atoms with E-state index >= 15 is 4.57 Å². The van der Waals surface area contributed by atoms with Crippen LogP contribution in [0, 0.1) is 11.3 Å². The average molecular weight is 749 g/mol. The van der Waals surface area contributed by atoms with Crippen LogP contribution in [0.15, 0.2) is 158 Å². The van der Waals surface area contributed by atoms with Crippen LogP contribution in [0.3, 0.4) is 0 Å². The minimum absolute atomic E-state index is 0.644. The maximum Gasteiger partial charge on any atom is 0.142 e. The molecule has 3 aliphatic rings. The van der Waals surface area contributed by atoms with Gasteiger partial charge in [0.05, 0.1) is 33.8 Å². The molecule has 1 spiro atoms. The number of benzene rings is 8. The van der Waals surface area contributed by atoms with Crippen molar-refractivity contribution in [2.24, 2.45) is 0 Å². The normalized spacial score (nSPS) is 18.3. The number of nitrogens with zero attached hydrogens (tertiary/aromatic N) is 2. The molecule has 0 amide bonds. The van der Waals surface area contributed by atoms with Gasteiger partial charge in [-0.15, -0.1) is 11.3 Å². The molecule has 10 aromatic rings. The molecule has 0 bridgehead atoms. The second-order valence-electron chi connectivity index (χ2n) is 15.5. The number of hydrogen-bond donors (Lipinski definition) is 0. The van der Waals surface area contributed by atoms with Crippen LogP contribution in [-0.2, 0) is 9.98 Å². The quantitative estimate of drug-likeness (QED) is 0.157. The third kappa shape index (κ3) is 3.53. The Bertz CT molecular complexity index is 3560. The minimum Gasteiger partial charge on any atom is -0.314 e. The second-order valence-corrected chi connectivity index (χ2v) is 19.4. The smallest absolute Gasteiger partial charge is 0.142 e. The van der Waals surface area contributed by atoms with Crippen molar-refractivity contribution in [2.45, 2.75) is 5.41 Å². The molecule has 0 saturated heterocycles. The first kappa shape index (κ1) is 30.8. The van der Waals surface area contributed by atoms with Crippen LogP contribution in [0.1, 0.15) is 27.8 Å². The summed E-state index contributed by atoms with van der Waals surface area (Å²) in [5.41, 5.74) is 15.2. The van der Waals surface area contributed by atoms with E-state index in [4.69, 9.17) is 0 Å². The summed E-state index contributed by atoms with van der Waals surface area (Å²) >= 11 is 1.76. The van der Waals surface area contributed by atoms with E-state index in [9.17, 15) is 5.26 Å². The number of thiophene rings is 1. The molecule has 2 aliphatic heterocycles. The Morgan fingerprint density at radius 1 is 0.589 bits per heavy atom. The molecule has 4 heterocycles. The molecule has 2 aromatic heterocycles. The van der Waals surface area contributed by atoms with E-state index in [0.29, 0.717) is 5.56 Å². The Hall–Kier alpha value is -6.50. The van der Waals surface area contributed by atoms with Gasteiger partial charge in [-0.05, 0) is 111 Å². The fourth-order valence-corrected chi connectivity index (χ4v) is 14.4. The summed E-state index contributed by atoms with van der Waals surface area (Å²) in [7, 11) is -3.00. The highest BCUT2D eigenvalue weighted by Gasteiger charge is 2.53. The van der Waals surface area contributed by atoms with Crippen LogP contribution in [-0.4, -0.2) is 11.2 Å². The van der Waals surface area contributed by atoms with Crippen LogP contribution in [0.4, 0.5) is 0 Å². The number of para-hydroxylation sites is 3. The van der Waals surface area contributed by atoms with Crippen LogP contribution in [0.5, 0.6) is 0 Å². The largest absolute Gasteiger partial charge is 0.314 e. The van der Waals surface area contributed by atoms with Crippen molar-refractivity contribution in [3.05, 3.63) is 186 Å². The molecule has 3 nitrogen and oxygen atoms in total. The Labute approximate surface area is 326 Å². The van der Waals surface area contributed by atoms with Crippen molar-refractivity contribution in [1.29, 1.82) is 5.26 Å². The summed E-state index contributed by atoms with van der Waals surface area (Å²) in [6.45, 7) is 1.98. The first-order chi connectivity index (χ1) is 27.5. The molecule has 0 saturated carbocycles. The highest BCUT2D eigenvalue weighted by atomic mass is 32.1. The average Bonchev–Trinajstić information content (AvgIpc) is 3.94. The van der Waals surface area contributed by atoms with Crippen molar-refractivity contribution >= 4 is 71.1 Å². The van der Waals surface area contributed by atoms with Gasteiger partial charge in [-0.3, -0.25) is 0 Å². The van der Waals surface area contributed by atoms with E-state index in [1.54, 1.807) is 11.3 Å². The lowest BCUT2D eigenvalue weighted by molar-refractivity contribution is 0.591. The zero-order valence-corrected chi connectivity index (χ0v) is 31.9. The predicted octanol–water partition coefficient (Wildman–Crippen LogP) is 12.3. The van der Waals surface area contributed by atoms with E-state index in [1.165, 1.54) is 59.1 Å². The summed E-state index contributed by atoms with van der Waals surface area (Å²) in [5, 5.41) is 16.4. The number of rotatable bonds is 1. The number of nitriles is 1. The zero-order valence-electron chi connectivity index (χ0n) is 30.2. The number of hydrogen-bond acceptors (Lipinski definition) is 3. The first-order valence-electron chi connectivity index (χ1n) is 19.0. The fourth-order valence-electron chi connectivity index (χ4n) is 10.7. The summed E-state index contributed by atoms with van der Waals surface area (Å²) in [5.74, 6) is 0. The topological polar surface area (TPSA) is 45.8 Å². The van der Waals surface area contributed by atoms with Gasteiger partial charge in [-0.25, -0.2) is 0 Å². The van der Waals surface area contributed by atoms with Gasteiger partial charge in [0.2, 0.25) is 0 Å². The summed E-state index contributed by atoms with van der Waals surface area (Å²) < 4.78 is 20.3. The van der Waals surface area contributed by atoms with Gasteiger partial charge in [-0.2, -0.15) is 5.26 Å². The lowest BCUT2D eigenvalue weighted by Crippen LogP contribution is -2.33. The van der Waals surface area contributed by atoms with Crippen LogP contribution in [0.25, 0.3) is 81.0 Å². The molecular formula is C51H29N2OPS. The molecule has 13 rings (SSSR count). The Kier molecular flexibility index (Phi) is 5.73. The summed E-state index contributed by atoms with van der Waals surface area (Å²) in [4.78, 5) is 0. The molecule has 8 aromatic carbocycles. The van der Waals surface area contributed by atoms with Gasteiger partial charge < -0.3 is 9.13 Å². The van der Waals surface area contributed by atoms with E-state index < -0.39 is 12.6 Å². The molecule has 1 unspecified atom stereocenters. The standard InChI is InChI=1S/C51H29N2OPS/c1-55(54)45-16-7-3-10-33(45)35-20-22-41-48(50(35)55)38-27-30(31-19-24-47-37(26-31)36-25-29(28-52)17-23-46(36)56-47)18-21-39(38)51(41)40-12-4-6-15-44(40)53-43-14-5-2-9-32(43)34-11-8-13-42(51)49(34)53/h2-27H,1H3/t51?,55-/m0/s1. The van der Waals surface area contributed by atoms with Gasteiger partial charge >= 0.3 is 0 Å². The van der Waals surface area contributed by atoms with Gasteiger partial charge in [-0.1, -0.05) is 109 Å². The van der Waals surface area contributed by atoms with Crippen LogP contribution in [0.2, 0.25) is 0 Å². The Balaban J connectivity index is 1.17. The maximum absolute atomic E-state index is 15.5. The second kappa shape index (κ2) is 10.4. The molecule has 260 valence electrons. The van der Waals surface area contributed by atoms with Gasteiger partial charge in [0.25, 0.3) is 0 Å². The van der Waals surface area contributed by atoms with Crippen LogP contribution >= 0.6 is 18.5 Å². The van der Waals surface area contributed by atoms with E-state index in [2.05, 4.69) is 150 Å². The lowest BCUT2D eigenvalue weighted by atomic mass is 9.65. The molecular weight excluding hydrogens is 720 g/mol. The van der Waals surface area contributed by atoms with Crippen LogP contribution < -0.4 is 10.6 Å². The molecule has 0 fully saturated rings. The van der Waals surface area contributed by atoms with Gasteiger partial charge in [0.1, 0.15) is 7.14 Å². The third-order valence-electron chi connectivity index (χ3n) is 12.9. The lowest BCUT2D eigenvalue weighted by Gasteiger charge is -2.39. The number of fused-ring (bicyclic) bond motifs is 19. The Morgan fingerprint density at radius 2 is 1.30 bits per heavy atom. The Morgan fingerprint density at radius 3 is 2.21 bits per heavy atom. The monoisotopic (exact) mass is 748 g/mol. The van der Waals surface area contributed by atoms with Crippen molar-refractivity contribution < 1.29 is 4.57 Å². The predicted molar refractivity (Wildman–Crippen MR) is 233 cm³/mol. The molecule has 5 heteroatoms. The highest BCUT2D eigenvalue weighted by molar-refractivity contribution is 7.79. The summed E-state index contributed by atoms with van der Waals surface area (Å²) in [6, 6.07) is 59.4. The fraction of sp³-hybridized carbons (Fsp3) is 0.0392. The molecule has 2 atom stereocenters. The highest BCUT2D eigenvalue weighted by Crippen LogP contribution is 2.64. The van der Waals surface area contributed by atoms with E-state index in [0.717, 1.165) is 54.8 Å². The molecule has 1 aliphatic carbocycles. The van der Waals surface area contributed by atoms with Crippen molar-refractivity contribution in [3.8, 4) is 45.1 Å². The minimum atomic E-state index is -3.00. The number of aromatic nitrogens is 1. The third-order valence-corrected chi connectivity index (χ3v) is 16.7. The van der Waals surface area contributed by atoms with Gasteiger partial charge in [0.15, 0.2) is 0 Å². The van der Waals surface area contributed by atoms with Crippen molar-refractivity contribution in [3.63, 3.8) is 0 Å². The van der Waals surface area contributed by atoms with E-state index in [1.807, 2.05) is 24.9 Å². The molecule has 0 radical (unpaired) electrons. The maximum atomic E-state index is 15.5. The van der Waals surface area contributed by atoms with E-state index in [-0.39, 0.29) is 0 Å².